The van der Waals surface area contributed by atoms with E-state index in [9.17, 15) is 9.90 Å². The minimum Gasteiger partial charge on any atom is -0.454 e. The average molecular weight is 253 g/mol. The van der Waals surface area contributed by atoms with Gasteiger partial charge in [0.2, 0.25) is 0 Å². The van der Waals surface area contributed by atoms with Gasteiger partial charge in [-0.25, -0.2) is 5.84 Å². The van der Waals surface area contributed by atoms with Gasteiger partial charge in [0.25, 0.3) is 0 Å². The second-order valence-corrected chi connectivity index (χ2v) is 4.73. The Morgan fingerprint density at radius 3 is 3.17 bits per heavy atom. The maximum absolute atomic E-state index is 11.4. The molecule has 2 rings (SSSR count). The van der Waals surface area contributed by atoms with Crippen LogP contribution in [-0.2, 0) is 6.54 Å². The summed E-state index contributed by atoms with van der Waals surface area (Å²) in [5, 5.41) is 9.59. The number of aryl methyl sites for hydroxylation is 1. The van der Waals surface area contributed by atoms with Crippen LogP contribution in [0.25, 0.3) is 0 Å². The molecule has 0 bridgehead atoms. The lowest BCUT2D eigenvalue weighted by atomic mass is 10.1. The number of carbonyl (C=O) groups excluding carboxylic acids is 1. The molecule has 0 aromatic carbocycles. The minimum atomic E-state index is -0.419. The summed E-state index contributed by atoms with van der Waals surface area (Å²) in [6, 6.07) is 1.84. The Morgan fingerprint density at radius 2 is 2.50 bits per heavy atom. The number of nitrogen functional groups attached to an aromatic ring is 1. The summed E-state index contributed by atoms with van der Waals surface area (Å²) < 4.78 is 5.49. The number of β-amino-alcohol motifs (C(OH)–C–C–N with tert-alkyl or cyclic N) is 1. The third kappa shape index (κ3) is 2.90. The molecule has 0 spiro atoms. The Labute approximate surface area is 106 Å². The van der Waals surface area contributed by atoms with Crippen LogP contribution >= 0.6 is 0 Å². The van der Waals surface area contributed by atoms with E-state index < -0.39 is 5.91 Å². The normalized spacial score (nSPS) is 20.9. The molecule has 1 aliphatic heterocycles. The molecule has 6 heteroatoms. The van der Waals surface area contributed by atoms with Gasteiger partial charge in [-0.05, 0) is 32.4 Å². The third-order valence-corrected chi connectivity index (χ3v) is 3.17. The van der Waals surface area contributed by atoms with Gasteiger partial charge in [0.15, 0.2) is 5.76 Å². The van der Waals surface area contributed by atoms with Crippen molar-refractivity contribution in [2.24, 2.45) is 5.84 Å². The van der Waals surface area contributed by atoms with Crippen LogP contribution in [0.4, 0.5) is 0 Å². The van der Waals surface area contributed by atoms with E-state index in [0.717, 1.165) is 30.7 Å². The molecule has 4 N–H and O–H groups in total. The number of hydrazine groups is 1. The summed E-state index contributed by atoms with van der Waals surface area (Å²) in [5.41, 5.74) is 2.83. The van der Waals surface area contributed by atoms with Crippen molar-refractivity contribution in [3.63, 3.8) is 0 Å². The number of amides is 1. The van der Waals surface area contributed by atoms with Gasteiger partial charge in [-0.1, -0.05) is 0 Å². The van der Waals surface area contributed by atoms with Crippen molar-refractivity contribution in [2.75, 3.05) is 13.1 Å². The first-order valence-corrected chi connectivity index (χ1v) is 6.11. The number of hydrogen-bond donors (Lipinski definition) is 3. The number of nitrogens with zero attached hydrogens (tertiary/aromatic N) is 1. The molecule has 0 saturated carbocycles. The van der Waals surface area contributed by atoms with Crippen molar-refractivity contribution in [1.29, 1.82) is 0 Å². The average Bonchev–Trinajstić information content (AvgIpc) is 2.69. The van der Waals surface area contributed by atoms with Crippen molar-refractivity contribution in [2.45, 2.75) is 32.4 Å². The fourth-order valence-electron chi connectivity index (χ4n) is 2.31. The quantitative estimate of drug-likeness (QED) is 0.405. The topological polar surface area (TPSA) is 91.7 Å². The highest BCUT2D eigenvalue weighted by Crippen LogP contribution is 2.18. The molecule has 6 nitrogen and oxygen atoms in total. The number of furan rings is 1. The summed E-state index contributed by atoms with van der Waals surface area (Å²) in [7, 11) is 0. The first-order chi connectivity index (χ1) is 8.60. The van der Waals surface area contributed by atoms with Crippen molar-refractivity contribution in [1.82, 2.24) is 10.3 Å². The number of piperidine rings is 1. The molecular formula is C12H19N3O3. The molecular weight excluding hydrogens is 234 g/mol. The molecule has 2 heterocycles. The summed E-state index contributed by atoms with van der Waals surface area (Å²) in [6.45, 7) is 4.01. The highest BCUT2D eigenvalue weighted by atomic mass is 16.4. The van der Waals surface area contributed by atoms with E-state index in [0.29, 0.717) is 13.1 Å². The Kier molecular flexibility index (Phi) is 4.00. The van der Waals surface area contributed by atoms with Gasteiger partial charge in [0.05, 0.1) is 12.6 Å². The summed E-state index contributed by atoms with van der Waals surface area (Å²) in [5.74, 6) is 5.64. The van der Waals surface area contributed by atoms with Crippen molar-refractivity contribution in [3.8, 4) is 0 Å². The minimum absolute atomic E-state index is 0.255. The van der Waals surface area contributed by atoms with E-state index in [-0.39, 0.29) is 11.9 Å². The van der Waals surface area contributed by atoms with Crippen molar-refractivity contribution >= 4 is 5.91 Å². The molecule has 1 unspecified atom stereocenters. The molecule has 1 amide bonds. The first-order valence-electron chi connectivity index (χ1n) is 6.11. The molecule has 1 atom stereocenters. The zero-order valence-corrected chi connectivity index (χ0v) is 10.5. The Morgan fingerprint density at radius 1 is 1.72 bits per heavy atom. The van der Waals surface area contributed by atoms with Crippen LogP contribution in [0.5, 0.6) is 0 Å². The van der Waals surface area contributed by atoms with Gasteiger partial charge in [-0.15, -0.1) is 0 Å². The number of nitrogens with one attached hydrogen (secondary N) is 1. The standard InChI is InChI=1S/C12H19N3O3/c1-8-5-10(18-11(8)12(17)14-13)7-15-4-2-3-9(16)6-15/h5,9,16H,2-4,6-7,13H2,1H3,(H,14,17). The molecule has 0 radical (unpaired) electrons. The highest BCUT2D eigenvalue weighted by molar-refractivity contribution is 5.92. The maximum atomic E-state index is 11.4. The molecule has 100 valence electrons. The smallest absolute Gasteiger partial charge is 0.301 e. The van der Waals surface area contributed by atoms with E-state index in [1.165, 1.54) is 0 Å². The predicted molar refractivity (Wildman–Crippen MR) is 65.6 cm³/mol. The predicted octanol–water partition coefficient (Wildman–Crippen LogP) is 0.148. The first kappa shape index (κ1) is 13.1. The number of nitrogens with two attached hydrogens (primary N) is 1. The largest absolute Gasteiger partial charge is 0.454 e. The molecule has 18 heavy (non-hydrogen) atoms. The van der Waals surface area contributed by atoms with Crippen molar-refractivity contribution < 1.29 is 14.3 Å². The van der Waals surface area contributed by atoms with E-state index in [4.69, 9.17) is 10.3 Å². The zero-order valence-electron chi connectivity index (χ0n) is 10.5. The number of aliphatic hydroxyl groups is 1. The van der Waals surface area contributed by atoms with Gasteiger partial charge in [-0.2, -0.15) is 0 Å². The van der Waals surface area contributed by atoms with Gasteiger partial charge in [-0.3, -0.25) is 15.1 Å². The van der Waals surface area contributed by atoms with Crippen LogP contribution in [0.3, 0.4) is 0 Å². The number of carbonyl (C=O) groups is 1. The van der Waals surface area contributed by atoms with Crippen molar-refractivity contribution in [3.05, 3.63) is 23.2 Å². The zero-order chi connectivity index (χ0) is 13.1. The van der Waals surface area contributed by atoms with Gasteiger partial charge < -0.3 is 9.52 Å². The summed E-state index contributed by atoms with van der Waals surface area (Å²) >= 11 is 0. The van der Waals surface area contributed by atoms with Crippen LogP contribution in [0.1, 0.15) is 34.7 Å². The SMILES string of the molecule is Cc1cc(CN2CCCC(O)C2)oc1C(=O)NN. The fourth-order valence-corrected chi connectivity index (χ4v) is 2.31. The third-order valence-electron chi connectivity index (χ3n) is 3.17. The molecule has 1 fully saturated rings. The summed E-state index contributed by atoms with van der Waals surface area (Å²) in [6.07, 6.45) is 1.58. The van der Waals surface area contributed by atoms with Gasteiger partial charge in [0.1, 0.15) is 5.76 Å². The molecule has 1 saturated heterocycles. The van der Waals surface area contributed by atoms with Gasteiger partial charge in [0, 0.05) is 12.1 Å². The molecule has 1 aromatic rings. The number of hydrogen-bond acceptors (Lipinski definition) is 5. The van der Waals surface area contributed by atoms with E-state index in [2.05, 4.69) is 10.3 Å². The summed E-state index contributed by atoms with van der Waals surface area (Å²) in [4.78, 5) is 13.5. The monoisotopic (exact) mass is 253 g/mol. The lowest BCUT2D eigenvalue weighted by molar-refractivity contribution is 0.0628. The van der Waals surface area contributed by atoms with Gasteiger partial charge >= 0.3 is 5.91 Å². The molecule has 0 aliphatic carbocycles. The van der Waals surface area contributed by atoms with Crippen LogP contribution < -0.4 is 11.3 Å². The van der Waals surface area contributed by atoms with E-state index in [1.54, 1.807) is 0 Å². The highest BCUT2D eigenvalue weighted by Gasteiger charge is 2.20. The Bertz CT molecular complexity index is 430. The fraction of sp³-hybridized carbons (Fsp3) is 0.583. The lowest BCUT2D eigenvalue weighted by Crippen LogP contribution is -2.37. The number of rotatable bonds is 3. The van der Waals surface area contributed by atoms with E-state index in [1.807, 2.05) is 13.0 Å². The Balaban J connectivity index is 2.03. The Hall–Kier alpha value is -1.37. The van der Waals surface area contributed by atoms with Crippen LogP contribution in [0, 0.1) is 6.92 Å². The second kappa shape index (κ2) is 5.51. The molecule has 1 aromatic heterocycles. The number of likely N-dealkylation sites (tertiary alicyclic amines) is 1. The van der Waals surface area contributed by atoms with E-state index >= 15 is 0 Å². The van der Waals surface area contributed by atoms with Crippen LogP contribution in [-0.4, -0.2) is 35.1 Å². The number of aliphatic hydroxyl groups excluding tert-OH is 1. The maximum Gasteiger partial charge on any atom is 0.301 e. The lowest BCUT2D eigenvalue weighted by Gasteiger charge is -2.29. The molecule has 1 aliphatic rings. The second-order valence-electron chi connectivity index (χ2n) is 4.73. The van der Waals surface area contributed by atoms with Crippen LogP contribution in [0.15, 0.2) is 10.5 Å². The van der Waals surface area contributed by atoms with Crippen LogP contribution in [0.2, 0.25) is 0 Å².